The van der Waals surface area contributed by atoms with Crippen molar-refractivity contribution in [3.05, 3.63) is 51.7 Å². The van der Waals surface area contributed by atoms with Gasteiger partial charge in [0.1, 0.15) is 17.4 Å². The zero-order chi connectivity index (χ0) is 18.3. The molecule has 3 N–H and O–H groups in total. The summed E-state index contributed by atoms with van der Waals surface area (Å²) >= 11 is 1.59. The van der Waals surface area contributed by atoms with E-state index in [1.54, 1.807) is 11.3 Å². The van der Waals surface area contributed by atoms with Crippen LogP contribution in [-0.2, 0) is 6.42 Å². The third-order valence-corrected chi connectivity index (χ3v) is 4.57. The van der Waals surface area contributed by atoms with Crippen LogP contribution in [0.5, 0.6) is 5.75 Å². The first kappa shape index (κ1) is 19.4. The number of hydrogen-bond donors (Lipinski definition) is 2. The monoisotopic (exact) mass is 365 g/mol. The van der Waals surface area contributed by atoms with E-state index in [0.29, 0.717) is 12.8 Å². The predicted octanol–water partition coefficient (Wildman–Crippen LogP) is 3.49. The van der Waals surface area contributed by atoms with Crippen molar-refractivity contribution >= 4 is 11.3 Å². The Morgan fingerprint density at radius 3 is 2.64 bits per heavy atom. The van der Waals surface area contributed by atoms with Gasteiger partial charge in [-0.1, -0.05) is 11.8 Å². The second-order valence-electron chi connectivity index (χ2n) is 6.08. The number of ether oxygens (including phenoxy) is 1. The van der Waals surface area contributed by atoms with Crippen LogP contribution >= 0.6 is 11.3 Å². The highest BCUT2D eigenvalue weighted by atomic mass is 32.1. The number of nitrogens with two attached hydrogens (primary N) is 1. The first-order valence-corrected chi connectivity index (χ1v) is 8.76. The van der Waals surface area contributed by atoms with E-state index >= 15 is 0 Å². The van der Waals surface area contributed by atoms with Crippen molar-refractivity contribution in [1.82, 2.24) is 0 Å². The van der Waals surface area contributed by atoms with Gasteiger partial charge in [0.15, 0.2) is 0 Å². The number of thiophene rings is 1. The Balaban J connectivity index is 1.78. The molecule has 1 unspecified atom stereocenters. The van der Waals surface area contributed by atoms with Gasteiger partial charge in [-0.05, 0) is 31.9 Å². The fraction of sp³-hybridized carbons (Fsp3) is 0.368. The summed E-state index contributed by atoms with van der Waals surface area (Å²) in [5, 5.41) is 9.16. The van der Waals surface area contributed by atoms with Crippen LogP contribution in [0, 0.1) is 23.5 Å². The zero-order valence-electron chi connectivity index (χ0n) is 14.0. The topological polar surface area (TPSA) is 55.5 Å². The number of halogens is 2. The van der Waals surface area contributed by atoms with Crippen molar-refractivity contribution in [2.75, 3.05) is 13.2 Å². The standard InChI is InChI=1S/C19H21F2NO2S/c1-19(22,13-23)8-7-18-6-5-17(25-18)4-2-3-9-24-16-11-14(20)10-15(21)12-16/h5-6,10-12,23H,3,7-9,13,22H2,1H3. The summed E-state index contributed by atoms with van der Waals surface area (Å²) in [7, 11) is 0. The molecule has 6 heteroatoms. The van der Waals surface area contributed by atoms with Crippen LogP contribution in [-0.4, -0.2) is 23.9 Å². The minimum absolute atomic E-state index is 0.0414. The molecule has 1 aromatic carbocycles. The maximum Gasteiger partial charge on any atom is 0.129 e. The molecule has 0 radical (unpaired) electrons. The van der Waals surface area contributed by atoms with Gasteiger partial charge in [-0.25, -0.2) is 8.78 Å². The summed E-state index contributed by atoms with van der Waals surface area (Å²) in [5.41, 5.74) is 5.35. The first-order valence-electron chi connectivity index (χ1n) is 7.94. The fourth-order valence-electron chi connectivity index (χ4n) is 2.05. The molecule has 25 heavy (non-hydrogen) atoms. The Kier molecular flexibility index (Phi) is 6.94. The lowest BCUT2D eigenvalue weighted by molar-refractivity contribution is 0.201. The van der Waals surface area contributed by atoms with Gasteiger partial charge < -0.3 is 15.6 Å². The highest BCUT2D eigenvalue weighted by Crippen LogP contribution is 2.20. The highest BCUT2D eigenvalue weighted by Gasteiger charge is 2.16. The summed E-state index contributed by atoms with van der Waals surface area (Å²) < 4.78 is 31.3. The minimum atomic E-state index is -0.665. The summed E-state index contributed by atoms with van der Waals surface area (Å²) in [6, 6.07) is 7.03. The molecule has 1 heterocycles. The predicted molar refractivity (Wildman–Crippen MR) is 95.7 cm³/mol. The molecule has 2 rings (SSSR count). The molecule has 0 bridgehead atoms. The van der Waals surface area contributed by atoms with Crippen LogP contribution in [0.3, 0.4) is 0 Å². The van der Waals surface area contributed by atoms with E-state index in [0.717, 1.165) is 29.5 Å². The van der Waals surface area contributed by atoms with E-state index < -0.39 is 17.2 Å². The summed E-state index contributed by atoms with van der Waals surface area (Å²) in [5.74, 6) is 4.86. The first-order chi connectivity index (χ1) is 11.9. The Morgan fingerprint density at radius 2 is 1.96 bits per heavy atom. The van der Waals surface area contributed by atoms with Crippen LogP contribution in [0.4, 0.5) is 8.78 Å². The van der Waals surface area contributed by atoms with Crippen molar-refractivity contribution < 1.29 is 18.6 Å². The molecular weight excluding hydrogens is 344 g/mol. The Morgan fingerprint density at radius 1 is 1.24 bits per heavy atom. The van der Waals surface area contributed by atoms with E-state index in [1.807, 2.05) is 19.1 Å². The maximum absolute atomic E-state index is 13.0. The van der Waals surface area contributed by atoms with Crippen LogP contribution < -0.4 is 10.5 Å². The third kappa shape index (κ3) is 6.83. The molecule has 1 aromatic heterocycles. The summed E-state index contributed by atoms with van der Waals surface area (Å²) in [6.45, 7) is 2.04. The molecule has 134 valence electrons. The molecule has 1 atom stereocenters. The SMILES string of the molecule is CC(N)(CO)CCc1ccc(C#CCCOc2cc(F)cc(F)c2)s1. The van der Waals surface area contributed by atoms with E-state index in [1.165, 1.54) is 4.88 Å². The van der Waals surface area contributed by atoms with Crippen molar-refractivity contribution in [3.63, 3.8) is 0 Å². The number of aryl methyl sites for hydroxylation is 1. The van der Waals surface area contributed by atoms with Crippen molar-refractivity contribution in [2.45, 2.75) is 31.7 Å². The lowest BCUT2D eigenvalue weighted by atomic mass is 9.98. The smallest absolute Gasteiger partial charge is 0.129 e. The van der Waals surface area contributed by atoms with Gasteiger partial charge >= 0.3 is 0 Å². The number of rotatable bonds is 7. The molecule has 0 saturated heterocycles. The molecular formula is C19H21F2NO2S. The van der Waals surface area contributed by atoms with Crippen molar-refractivity contribution in [2.24, 2.45) is 5.73 Å². The summed E-state index contributed by atoms with van der Waals surface area (Å²) in [6.07, 6.45) is 1.96. The molecule has 0 aliphatic rings. The van der Waals surface area contributed by atoms with Crippen LogP contribution in [0.15, 0.2) is 30.3 Å². The normalized spacial score (nSPS) is 13.0. The molecule has 0 fully saturated rings. The molecule has 0 aliphatic carbocycles. The van der Waals surface area contributed by atoms with Crippen LogP contribution in [0.25, 0.3) is 0 Å². The number of benzene rings is 1. The summed E-state index contributed by atoms with van der Waals surface area (Å²) in [4.78, 5) is 2.11. The maximum atomic E-state index is 13.0. The fourth-order valence-corrected chi connectivity index (χ4v) is 2.93. The molecule has 0 aliphatic heterocycles. The van der Waals surface area contributed by atoms with Crippen molar-refractivity contribution in [1.29, 1.82) is 0 Å². The van der Waals surface area contributed by atoms with Crippen LogP contribution in [0.1, 0.15) is 29.5 Å². The second kappa shape index (κ2) is 8.95. The van der Waals surface area contributed by atoms with Crippen molar-refractivity contribution in [3.8, 4) is 17.6 Å². The van der Waals surface area contributed by atoms with Gasteiger partial charge in [0.2, 0.25) is 0 Å². The van der Waals surface area contributed by atoms with E-state index in [4.69, 9.17) is 15.6 Å². The molecule has 0 saturated carbocycles. The van der Waals surface area contributed by atoms with Gasteiger partial charge in [0, 0.05) is 35.0 Å². The van der Waals surface area contributed by atoms with Gasteiger partial charge in [-0.15, -0.1) is 11.3 Å². The quantitative estimate of drug-likeness (QED) is 0.583. The lowest BCUT2D eigenvalue weighted by Gasteiger charge is -2.20. The Bertz CT molecular complexity index is 742. The Hall–Kier alpha value is -1.94. The van der Waals surface area contributed by atoms with E-state index in [2.05, 4.69) is 11.8 Å². The molecule has 3 nitrogen and oxygen atoms in total. The largest absolute Gasteiger partial charge is 0.492 e. The van der Waals surface area contributed by atoms with Crippen LogP contribution in [0.2, 0.25) is 0 Å². The number of hydrogen-bond acceptors (Lipinski definition) is 4. The molecule has 0 amide bonds. The number of aliphatic hydroxyl groups excluding tert-OH is 1. The minimum Gasteiger partial charge on any atom is -0.492 e. The second-order valence-corrected chi connectivity index (χ2v) is 7.25. The average Bonchev–Trinajstić information content (AvgIpc) is 3.00. The van der Waals surface area contributed by atoms with Gasteiger partial charge in [-0.2, -0.15) is 0 Å². The van der Waals surface area contributed by atoms with Gasteiger partial charge in [0.25, 0.3) is 0 Å². The lowest BCUT2D eigenvalue weighted by Crippen LogP contribution is -2.40. The zero-order valence-corrected chi connectivity index (χ0v) is 14.8. The highest BCUT2D eigenvalue weighted by molar-refractivity contribution is 7.12. The van der Waals surface area contributed by atoms with E-state index in [9.17, 15) is 8.78 Å². The Labute approximate surface area is 150 Å². The van der Waals surface area contributed by atoms with Gasteiger partial charge in [0.05, 0.1) is 18.1 Å². The third-order valence-electron chi connectivity index (χ3n) is 3.51. The van der Waals surface area contributed by atoms with E-state index in [-0.39, 0.29) is 19.0 Å². The molecule has 0 spiro atoms. The average molecular weight is 365 g/mol. The number of aliphatic hydroxyl groups is 1. The van der Waals surface area contributed by atoms with Gasteiger partial charge in [-0.3, -0.25) is 0 Å². The molecule has 2 aromatic rings.